The minimum absolute atomic E-state index is 0.286. The van der Waals surface area contributed by atoms with Crippen LogP contribution in [0.4, 0.5) is 0 Å². The van der Waals surface area contributed by atoms with Crippen molar-refractivity contribution in [2.24, 2.45) is 0 Å². The Balaban J connectivity index is 3.18. The molecule has 0 N–H and O–H groups in total. The van der Waals surface area contributed by atoms with Gasteiger partial charge >= 0.3 is 0 Å². The third-order valence-electron chi connectivity index (χ3n) is 3.01. The fraction of sp³-hybridized carbons (Fsp3) is 0.750. The van der Waals surface area contributed by atoms with Gasteiger partial charge in [0, 0.05) is 0 Å². The third kappa shape index (κ3) is 17.4. The lowest BCUT2D eigenvalue weighted by atomic mass is 10.1. The van der Waals surface area contributed by atoms with E-state index in [1.54, 1.807) is 0 Å². The van der Waals surface area contributed by atoms with Gasteiger partial charge in [-0.25, -0.2) is 0 Å². The maximum absolute atomic E-state index is 10.7. The monoisotopic (exact) mass is 302 g/mol. The lowest BCUT2D eigenvalue weighted by Gasteiger charge is -1.99. The summed E-state index contributed by atoms with van der Waals surface area (Å²) >= 11 is 0. The SMILES string of the molecule is C=CCCCCCCCC/C=C/CCCOS(C)(=O)=O. The maximum atomic E-state index is 10.7. The van der Waals surface area contributed by atoms with Gasteiger partial charge in [0.25, 0.3) is 10.1 Å². The predicted octanol–water partition coefficient (Wildman–Crippen LogP) is 4.61. The molecule has 0 aromatic heterocycles. The van der Waals surface area contributed by atoms with E-state index in [0.29, 0.717) is 0 Å². The lowest BCUT2D eigenvalue weighted by molar-refractivity contribution is 0.317. The van der Waals surface area contributed by atoms with Gasteiger partial charge in [0.05, 0.1) is 12.9 Å². The molecule has 0 aliphatic rings. The number of rotatable bonds is 14. The predicted molar refractivity (Wildman–Crippen MR) is 86.3 cm³/mol. The molecular formula is C16H30O3S. The van der Waals surface area contributed by atoms with E-state index in [4.69, 9.17) is 0 Å². The second-order valence-electron chi connectivity index (χ2n) is 5.13. The van der Waals surface area contributed by atoms with Crippen molar-refractivity contribution in [3.8, 4) is 0 Å². The van der Waals surface area contributed by atoms with E-state index in [2.05, 4.69) is 22.9 Å². The highest BCUT2D eigenvalue weighted by Gasteiger charge is 1.98. The second kappa shape index (κ2) is 13.4. The fourth-order valence-corrected chi connectivity index (χ4v) is 2.33. The first-order valence-corrected chi connectivity index (χ1v) is 9.48. The average Bonchev–Trinajstić information content (AvgIpc) is 2.38. The lowest BCUT2D eigenvalue weighted by Crippen LogP contribution is -2.03. The maximum Gasteiger partial charge on any atom is 0.264 e. The molecule has 4 heteroatoms. The summed E-state index contributed by atoms with van der Waals surface area (Å²) in [7, 11) is -3.27. The molecule has 0 unspecified atom stereocenters. The van der Waals surface area contributed by atoms with Crippen LogP contribution in [0, 0.1) is 0 Å². The summed E-state index contributed by atoms with van der Waals surface area (Å²) in [6, 6.07) is 0. The summed E-state index contributed by atoms with van der Waals surface area (Å²) in [5, 5.41) is 0. The van der Waals surface area contributed by atoms with Crippen molar-refractivity contribution < 1.29 is 12.6 Å². The van der Waals surface area contributed by atoms with Crippen LogP contribution >= 0.6 is 0 Å². The highest BCUT2D eigenvalue weighted by molar-refractivity contribution is 7.85. The Morgan fingerprint density at radius 3 is 1.90 bits per heavy atom. The van der Waals surface area contributed by atoms with E-state index >= 15 is 0 Å². The molecule has 0 aliphatic carbocycles. The average molecular weight is 302 g/mol. The Morgan fingerprint density at radius 1 is 0.850 bits per heavy atom. The van der Waals surface area contributed by atoms with E-state index in [1.807, 2.05) is 6.08 Å². The molecule has 0 saturated heterocycles. The van der Waals surface area contributed by atoms with Gasteiger partial charge in [-0.05, 0) is 38.5 Å². The van der Waals surface area contributed by atoms with Gasteiger partial charge in [-0.2, -0.15) is 8.42 Å². The first-order valence-electron chi connectivity index (χ1n) is 7.66. The van der Waals surface area contributed by atoms with E-state index in [9.17, 15) is 8.42 Å². The summed E-state index contributed by atoms with van der Waals surface area (Å²) in [5.41, 5.74) is 0. The quantitative estimate of drug-likeness (QED) is 0.267. The van der Waals surface area contributed by atoms with E-state index < -0.39 is 10.1 Å². The van der Waals surface area contributed by atoms with Crippen LogP contribution < -0.4 is 0 Å². The largest absolute Gasteiger partial charge is 0.270 e. The molecule has 0 bridgehead atoms. The van der Waals surface area contributed by atoms with Crippen molar-refractivity contribution >= 4 is 10.1 Å². The fourth-order valence-electron chi connectivity index (χ4n) is 1.91. The second-order valence-corrected chi connectivity index (χ2v) is 6.77. The Kier molecular flexibility index (Phi) is 13.0. The Bertz CT molecular complexity index is 345. The molecule has 0 radical (unpaired) electrons. The number of hydrogen-bond acceptors (Lipinski definition) is 3. The molecule has 0 spiro atoms. The first-order chi connectivity index (χ1) is 9.56. The Labute approximate surface area is 125 Å². The highest BCUT2D eigenvalue weighted by Crippen LogP contribution is 2.09. The molecule has 0 aliphatic heterocycles. The molecule has 20 heavy (non-hydrogen) atoms. The van der Waals surface area contributed by atoms with Crippen LogP contribution in [0.5, 0.6) is 0 Å². The van der Waals surface area contributed by atoms with Gasteiger partial charge < -0.3 is 0 Å². The molecule has 0 aromatic carbocycles. The van der Waals surface area contributed by atoms with Crippen LogP contribution in [-0.2, 0) is 14.3 Å². The van der Waals surface area contributed by atoms with Crippen molar-refractivity contribution in [1.82, 2.24) is 0 Å². The summed E-state index contributed by atoms with van der Waals surface area (Å²) in [6.45, 7) is 4.01. The molecule has 118 valence electrons. The van der Waals surface area contributed by atoms with Crippen LogP contribution in [0.2, 0.25) is 0 Å². The third-order valence-corrected chi connectivity index (χ3v) is 3.60. The van der Waals surface area contributed by atoms with Crippen LogP contribution in [0.3, 0.4) is 0 Å². The van der Waals surface area contributed by atoms with E-state index in [0.717, 1.165) is 31.9 Å². The van der Waals surface area contributed by atoms with Crippen LogP contribution in [-0.4, -0.2) is 21.3 Å². The molecule has 0 fully saturated rings. The molecule has 0 atom stereocenters. The van der Waals surface area contributed by atoms with Gasteiger partial charge in [-0.1, -0.05) is 43.9 Å². The van der Waals surface area contributed by atoms with Gasteiger partial charge in [0.2, 0.25) is 0 Å². The zero-order valence-electron chi connectivity index (χ0n) is 12.9. The first kappa shape index (κ1) is 19.4. The zero-order chi connectivity index (χ0) is 15.1. The molecular weight excluding hydrogens is 272 g/mol. The summed E-state index contributed by atoms with van der Waals surface area (Å²) in [4.78, 5) is 0. The number of unbranched alkanes of at least 4 members (excludes halogenated alkanes) is 8. The molecule has 0 aromatic rings. The minimum atomic E-state index is -3.27. The van der Waals surface area contributed by atoms with Crippen LogP contribution in [0.25, 0.3) is 0 Å². The Morgan fingerprint density at radius 2 is 1.35 bits per heavy atom. The number of allylic oxidation sites excluding steroid dienone is 3. The van der Waals surface area contributed by atoms with Crippen molar-refractivity contribution in [3.63, 3.8) is 0 Å². The minimum Gasteiger partial charge on any atom is -0.270 e. The van der Waals surface area contributed by atoms with E-state index in [1.165, 1.54) is 38.5 Å². The highest BCUT2D eigenvalue weighted by atomic mass is 32.2. The molecule has 0 heterocycles. The van der Waals surface area contributed by atoms with Gasteiger partial charge in [0.1, 0.15) is 0 Å². The van der Waals surface area contributed by atoms with Crippen LogP contribution in [0.1, 0.15) is 64.2 Å². The summed E-state index contributed by atoms with van der Waals surface area (Å²) < 4.78 is 26.1. The van der Waals surface area contributed by atoms with Gasteiger partial charge in [-0.15, -0.1) is 6.58 Å². The smallest absolute Gasteiger partial charge is 0.264 e. The number of hydrogen-bond donors (Lipinski definition) is 0. The normalized spacial score (nSPS) is 12.1. The van der Waals surface area contributed by atoms with Crippen molar-refractivity contribution in [1.29, 1.82) is 0 Å². The molecule has 0 amide bonds. The van der Waals surface area contributed by atoms with E-state index in [-0.39, 0.29) is 6.61 Å². The standard InChI is InChI=1S/C16H30O3S/c1-3-4-5-6-7-8-9-10-11-12-13-14-15-16-19-20(2,17)18/h3,12-13H,1,4-11,14-16H2,2H3/b13-12+. The summed E-state index contributed by atoms with van der Waals surface area (Å²) in [6.07, 6.45) is 19.1. The van der Waals surface area contributed by atoms with Crippen molar-refractivity contribution in [2.45, 2.75) is 64.2 Å². The van der Waals surface area contributed by atoms with Crippen LogP contribution in [0.15, 0.2) is 24.8 Å². The Hall–Kier alpha value is -0.610. The zero-order valence-corrected chi connectivity index (χ0v) is 13.7. The van der Waals surface area contributed by atoms with Crippen molar-refractivity contribution in [3.05, 3.63) is 24.8 Å². The summed E-state index contributed by atoms with van der Waals surface area (Å²) in [5.74, 6) is 0. The topological polar surface area (TPSA) is 43.4 Å². The van der Waals surface area contributed by atoms with Crippen molar-refractivity contribution in [2.75, 3.05) is 12.9 Å². The van der Waals surface area contributed by atoms with Gasteiger partial charge in [-0.3, -0.25) is 4.18 Å². The van der Waals surface area contributed by atoms with Gasteiger partial charge in [0.15, 0.2) is 0 Å². The molecule has 0 saturated carbocycles. The molecule has 3 nitrogen and oxygen atoms in total. The molecule has 0 rings (SSSR count).